The fraction of sp³-hybridized carbons (Fsp3) is 0.562. The van der Waals surface area contributed by atoms with Crippen molar-refractivity contribution in [2.45, 2.75) is 38.1 Å². The van der Waals surface area contributed by atoms with Gasteiger partial charge in [-0.15, -0.1) is 0 Å². The van der Waals surface area contributed by atoms with E-state index in [0.29, 0.717) is 0 Å². The van der Waals surface area contributed by atoms with E-state index in [0.717, 1.165) is 37.2 Å². The largest absolute Gasteiger partial charge is 0.496 e. The number of carboxylic acids is 1. The molecule has 0 aromatic heterocycles. The number of methoxy groups -OCH3 is 1. The Morgan fingerprint density at radius 3 is 2.50 bits per heavy atom. The van der Waals surface area contributed by atoms with Crippen LogP contribution >= 0.6 is 0 Å². The third kappa shape index (κ3) is 3.73. The zero-order chi connectivity index (χ0) is 14.4. The van der Waals surface area contributed by atoms with Crippen molar-refractivity contribution >= 4 is 5.97 Å². The molecular weight excluding hydrogens is 254 g/mol. The Hall–Kier alpha value is -1.55. The molecule has 1 aromatic carbocycles. The number of aliphatic carboxylic acids is 1. The van der Waals surface area contributed by atoms with E-state index >= 15 is 0 Å². The van der Waals surface area contributed by atoms with Gasteiger partial charge in [0.25, 0.3) is 0 Å². The zero-order valence-corrected chi connectivity index (χ0v) is 12.0. The van der Waals surface area contributed by atoms with E-state index in [-0.39, 0.29) is 12.5 Å². The van der Waals surface area contributed by atoms with Gasteiger partial charge in [0.15, 0.2) is 0 Å². The first-order valence-electron chi connectivity index (χ1n) is 7.31. The predicted octanol–water partition coefficient (Wildman–Crippen LogP) is 3.09. The number of hydrogen-bond acceptors (Lipinski definition) is 3. The van der Waals surface area contributed by atoms with Gasteiger partial charge >= 0.3 is 5.97 Å². The van der Waals surface area contributed by atoms with Crippen LogP contribution in [0.15, 0.2) is 24.3 Å². The summed E-state index contributed by atoms with van der Waals surface area (Å²) in [6.07, 6.45) is 4.89. The average molecular weight is 277 g/mol. The minimum Gasteiger partial charge on any atom is -0.496 e. The molecule has 0 radical (unpaired) electrons. The lowest BCUT2D eigenvalue weighted by Gasteiger charge is -2.30. The summed E-state index contributed by atoms with van der Waals surface area (Å²) in [6, 6.07) is 7.66. The number of carbonyl (C=O) groups is 1. The lowest BCUT2D eigenvalue weighted by molar-refractivity contribution is -0.138. The Morgan fingerprint density at radius 1 is 1.25 bits per heavy atom. The SMILES string of the molecule is COc1ccccc1C(CC(=O)O)N1CCCCCC1. The van der Waals surface area contributed by atoms with E-state index < -0.39 is 5.97 Å². The molecule has 20 heavy (non-hydrogen) atoms. The lowest BCUT2D eigenvalue weighted by Crippen LogP contribution is -2.31. The molecule has 110 valence electrons. The third-order valence-corrected chi connectivity index (χ3v) is 3.95. The van der Waals surface area contributed by atoms with Crippen LogP contribution in [0, 0.1) is 0 Å². The third-order valence-electron chi connectivity index (χ3n) is 3.95. The maximum Gasteiger partial charge on any atom is 0.305 e. The molecule has 0 saturated carbocycles. The summed E-state index contributed by atoms with van der Waals surface area (Å²) in [6.45, 7) is 1.94. The lowest BCUT2D eigenvalue weighted by atomic mass is 10.0. The second-order valence-electron chi connectivity index (χ2n) is 5.31. The van der Waals surface area contributed by atoms with Gasteiger partial charge in [-0.25, -0.2) is 0 Å². The van der Waals surface area contributed by atoms with Crippen molar-refractivity contribution < 1.29 is 14.6 Å². The number of ether oxygens (including phenoxy) is 1. The number of rotatable bonds is 5. The van der Waals surface area contributed by atoms with Gasteiger partial charge in [0, 0.05) is 11.6 Å². The van der Waals surface area contributed by atoms with Crippen LogP contribution in [0.3, 0.4) is 0 Å². The van der Waals surface area contributed by atoms with Crippen LogP contribution in [0.25, 0.3) is 0 Å². The summed E-state index contributed by atoms with van der Waals surface area (Å²) < 4.78 is 5.41. The molecule has 1 fully saturated rings. The molecular formula is C16H23NO3. The molecule has 2 rings (SSSR count). The highest BCUT2D eigenvalue weighted by Gasteiger charge is 2.26. The highest BCUT2D eigenvalue weighted by Crippen LogP contribution is 2.33. The van der Waals surface area contributed by atoms with Crippen LogP contribution in [0.2, 0.25) is 0 Å². The zero-order valence-electron chi connectivity index (χ0n) is 12.0. The first-order valence-corrected chi connectivity index (χ1v) is 7.31. The summed E-state index contributed by atoms with van der Waals surface area (Å²) in [5.74, 6) is 0.0214. The van der Waals surface area contributed by atoms with Crippen molar-refractivity contribution in [1.82, 2.24) is 4.90 Å². The Morgan fingerprint density at radius 2 is 1.90 bits per heavy atom. The van der Waals surface area contributed by atoms with Crippen LogP contribution in [0.1, 0.15) is 43.7 Å². The van der Waals surface area contributed by atoms with Crippen molar-refractivity contribution in [3.8, 4) is 5.75 Å². The number of benzene rings is 1. The van der Waals surface area contributed by atoms with E-state index in [4.69, 9.17) is 4.74 Å². The average Bonchev–Trinajstić information content (AvgIpc) is 2.73. The quantitative estimate of drug-likeness (QED) is 0.898. The van der Waals surface area contributed by atoms with Gasteiger partial charge in [0.2, 0.25) is 0 Å². The second-order valence-corrected chi connectivity index (χ2v) is 5.31. The first-order chi connectivity index (χ1) is 9.72. The molecule has 4 heteroatoms. The summed E-state index contributed by atoms with van der Waals surface area (Å²) in [7, 11) is 1.64. The van der Waals surface area contributed by atoms with E-state index in [2.05, 4.69) is 4.90 Å². The Bertz CT molecular complexity index is 439. The monoisotopic (exact) mass is 277 g/mol. The molecule has 1 heterocycles. The number of carboxylic acid groups (broad SMARTS) is 1. The van der Waals surface area contributed by atoms with E-state index in [1.54, 1.807) is 7.11 Å². The second kappa shape index (κ2) is 7.29. The Kier molecular flexibility index (Phi) is 5.41. The van der Waals surface area contributed by atoms with Crippen molar-refractivity contribution in [3.05, 3.63) is 29.8 Å². The topological polar surface area (TPSA) is 49.8 Å². The van der Waals surface area contributed by atoms with Gasteiger partial charge in [0.05, 0.1) is 13.5 Å². The molecule has 1 atom stereocenters. The summed E-state index contributed by atoms with van der Waals surface area (Å²) in [5.41, 5.74) is 0.985. The normalized spacial score (nSPS) is 18.2. The number of hydrogen-bond donors (Lipinski definition) is 1. The number of nitrogens with zero attached hydrogens (tertiary/aromatic N) is 1. The van der Waals surface area contributed by atoms with Crippen LogP contribution in [0.5, 0.6) is 5.75 Å². The summed E-state index contributed by atoms with van der Waals surface area (Å²) >= 11 is 0. The Labute approximate surface area is 120 Å². The van der Waals surface area contributed by atoms with Gasteiger partial charge in [0.1, 0.15) is 5.75 Å². The fourth-order valence-electron chi connectivity index (χ4n) is 2.95. The number of para-hydroxylation sites is 1. The van der Waals surface area contributed by atoms with Gasteiger partial charge in [-0.2, -0.15) is 0 Å². The van der Waals surface area contributed by atoms with E-state index in [1.165, 1.54) is 12.8 Å². The molecule has 0 bridgehead atoms. The standard InChI is InChI=1S/C16H23NO3/c1-20-15-9-5-4-8-13(15)14(12-16(18)19)17-10-6-2-3-7-11-17/h4-5,8-9,14H,2-3,6-7,10-12H2,1H3,(H,18,19). The number of likely N-dealkylation sites (tertiary alicyclic amines) is 1. The van der Waals surface area contributed by atoms with Gasteiger partial charge in [-0.3, -0.25) is 9.69 Å². The molecule has 1 aromatic rings. The fourth-order valence-corrected chi connectivity index (χ4v) is 2.95. The highest BCUT2D eigenvalue weighted by molar-refractivity contribution is 5.68. The Balaban J connectivity index is 2.27. The van der Waals surface area contributed by atoms with Crippen LogP contribution < -0.4 is 4.74 Å². The van der Waals surface area contributed by atoms with Crippen LogP contribution in [0.4, 0.5) is 0 Å². The van der Waals surface area contributed by atoms with Crippen molar-refractivity contribution in [1.29, 1.82) is 0 Å². The van der Waals surface area contributed by atoms with Gasteiger partial charge in [-0.05, 0) is 32.0 Å². The highest BCUT2D eigenvalue weighted by atomic mass is 16.5. The summed E-state index contributed by atoms with van der Waals surface area (Å²) in [5, 5.41) is 9.24. The van der Waals surface area contributed by atoms with Crippen molar-refractivity contribution in [2.75, 3.05) is 20.2 Å². The van der Waals surface area contributed by atoms with E-state index in [1.807, 2.05) is 24.3 Å². The van der Waals surface area contributed by atoms with E-state index in [9.17, 15) is 9.90 Å². The molecule has 1 aliphatic rings. The molecule has 1 N–H and O–H groups in total. The predicted molar refractivity (Wildman–Crippen MR) is 78.0 cm³/mol. The maximum atomic E-state index is 11.2. The smallest absolute Gasteiger partial charge is 0.305 e. The molecule has 1 saturated heterocycles. The van der Waals surface area contributed by atoms with Crippen molar-refractivity contribution in [3.63, 3.8) is 0 Å². The first kappa shape index (κ1) is 14.9. The molecule has 0 amide bonds. The minimum absolute atomic E-state index is 0.0956. The van der Waals surface area contributed by atoms with Crippen LogP contribution in [-0.4, -0.2) is 36.2 Å². The molecule has 4 nitrogen and oxygen atoms in total. The van der Waals surface area contributed by atoms with Gasteiger partial charge in [-0.1, -0.05) is 31.0 Å². The molecule has 1 aliphatic heterocycles. The van der Waals surface area contributed by atoms with Crippen LogP contribution in [-0.2, 0) is 4.79 Å². The van der Waals surface area contributed by atoms with Crippen molar-refractivity contribution in [2.24, 2.45) is 0 Å². The van der Waals surface area contributed by atoms with Gasteiger partial charge < -0.3 is 9.84 Å². The molecule has 1 unspecified atom stereocenters. The summed E-state index contributed by atoms with van der Waals surface area (Å²) in [4.78, 5) is 13.5. The molecule has 0 aliphatic carbocycles. The minimum atomic E-state index is -0.759. The maximum absolute atomic E-state index is 11.2. The molecule has 0 spiro atoms.